The van der Waals surface area contributed by atoms with Gasteiger partial charge >= 0.3 is 6.03 Å². The van der Waals surface area contributed by atoms with E-state index >= 15 is 0 Å². The van der Waals surface area contributed by atoms with Gasteiger partial charge in [0.15, 0.2) is 0 Å². The van der Waals surface area contributed by atoms with Crippen molar-refractivity contribution in [3.8, 4) is 0 Å². The Kier molecular flexibility index (Phi) is 3.96. The van der Waals surface area contributed by atoms with E-state index in [1.165, 1.54) is 0 Å². The number of imidazole rings is 1. The number of urea groups is 1. The minimum Gasteiger partial charge on any atom is -0.335 e. The van der Waals surface area contributed by atoms with Gasteiger partial charge in [0.1, 0.15) is 5.82 Å². The zero-order valence-corrected chi connectivity index (χ0v) is 13.2. The number of hydrogen-bond donors (Lipinski definition) is 1. The molecule has 0 unspecified atom stereocenters. The normalized spacial score (nSPS) is 17.3. The summed E-state index contributed by atoms with van der Waals surface area (Å²) in [6.07, 6.45) is 5.93. The van der Waals surface area contributed by atoms with Crippen LogP contribution in [0.5, 0.6) is 0 Å². The van der Waals surface area contributed by atoms with E-state index in [1.54, 1.807) is 16.2 Å². The standard InChI is InChI=1S/C15H20N4OS/c1-11-9-21-10-13(11)17-15(20)18(2)8-12-3-5-19-6-4-16-14(19)7-12/h4,6,9-10,12H,3,5,7-8H2,1-2H3,(H,17,20)/t12-/m0/s1. The molecule has 0 saturated carbocycles. The van der Waals surface area contributed by atoms with Crippen molar-refractivity contribution in [2.45, 2.75) is 26.3 Å². The van der Waals surface area contributed by atoms with Crippen LogP contribution in [0.4, 0.5) is 10.5 Å². The Labute approximate surface area is 128 Å². The first-order valence-corrected chi connectivity index (χ1v) is 8.12. The molecule has 1 atom stereocenters. The molecule has 1 aliphatic rings. The number of hydrogen-bond acceptors (Lipinski definition) is 3. The molecule has 0 fully saturated rings. The van der Waals surface area contributed by atoms with Crippen LogP contribution in [-0.2, 0) is 13.0 Å². The first kappa shape index (κ1) is 14.1. The number of rotatable bonds is 3. The van der Waals surface area contributed by atoms with Gasteiger partial charge in [0, 0.05) is 44.3 Å². The van der Waals surface area contributed by atoms with Crippen molar-refractivity contribution in [1.82, 2.24) is 14.5 Å². The van der Waals surface area contributed by atoms with Crippen LogP contribution in [0, 0.1) is 12.8 Å². The molecule has 0 saturated heterocycles. The molecule has 2 aromatic rings. The van der Waals surface area contributed by atoms with Crippen LogP contribution < -0.4 is 5.32 Å². The fourth-order valence-electron chi connectivity index (χ4n) is 2.74. The number of carbonyl (C=O) groups is 1. The van der Waals surface area contributed by atoms with Crippen LogP contribution in [0.25, 0.3) is 0 Å². The van der Waals surface area contributed by atoms with Gasteiger partial charge in [0.2, 0.25) is 0 Å². The highest BCUT2D eigenvalue weighted by atomic mass is 32.1. The summed E-state index contributed by atoms with van der Waals surface area (Å²) in [5.74, 6) is 1.62. The number of carbonyl (C=O) groups excluding carboxylic acids is 1. The molecule has 1 aliphatic heterocycles. The molecule has 5 nitrogen and oxygen atoms in total. The number of nitrogens with zero attached hydrogens (tertiary/aromatic N) is 3. The molecule has 112 valence electrons. The molecular weight excluding hydrogens is 284 g/mol. The summed E-state index contributed by atoms with van der Waals surface area (Å²) in [7, 11) is 1.86. The van der Waals surface area contributed by atoms with Gasteiger partial charge in [0.05, 0.1) is 5.69 Å². The zero-order chi connectivity index (χ0) is 14.8. The summed E-state index contributed by atoms with van der Waals surface area (Å²) < 4.78 is 2.20. The van der Waals surface area contributed by atoms with Crippen molar-refractivity contribution in [2.24, 2.45) is 5.92 Å². The van der Waals surface area contributed by atoms with E-state index in [0.29, 0.717) is 5.92 Å². The third-order valence-electron chi connectivity index (χ3n) is 4.03. The van der Waals surface area contributed by atoms with E-state index in [9.17, 15) is 4.79 Å². The number of fused-ring (bicyclic) bond motifs is 1. The van der Waals surface area contributed by atoms with Crippen LogP contribution in [0.3, 0.4) is 0 Å². The Morgan fingerprint density at radius 1 is 1.57 bits per heavy atom. The third-order valence-corrected chi connectivity index (χ3v) is 4.89. The molecule has 0 spiro atoms. The lowest BCUT2D eigenvalue weighted by atomic mass is 9.97. The fourth-order valence-corrected chi connectivity index (χ4v) is 3.52. The van der Waals surface area contributed by atoms with Crippen molar-refractivity contribution >= 4 is 23.1 Å². The Bertz CT molecular complexity index is 633. The van der Waals surface area contributed by atoms with Crippen molar-refractivity contribution < 1.29 is 4.79 Å². The summed E-state index contributed by atoms with van der Waals surface area (Å²) >= 11 is 1.60. The summed E-state index contributed by atoms with van der Waals surface area (Å²) in [6, 6.07) is -0.0367. The zero-order valence-electron chi connectivity index (χ0n) is 12.4. The van der Waals surface area contributed by atoms with E-state index in [-0.39, 0.29) is 6.03 Å². The number of amides is 2. The van der Waals surface area contributed by atoms with E-state index in [2.05, 4.69) is 14.9 Å². The molecule has 0 aromatic carbocycles. The minimum absolute atomic E-state index is 0.0367. The van der Waals surface area contributed by atoms with Crippen molar-refractivity contribution in [3.05, 3.63) is 34.5 Å². The summed E-state index contributed by atoms with van der Waals surface area (Å²) in [6.45, 7) is 3.77. The van der Waals surface area contributed by atoms with Crippen molar-refractivity contribution in [1.29, 1.82) is 0 Å². The molecule has 2 amide bonds. The second kappa shape index (κ2) is 5.89. The predicted octanol–water partition coefficient (Wildman–Crippen LogP) is 2.98. The van der Waals surface area contributed by atoms with Crippen molar-refractivity contribution in [3.63, 3.8) is 0 Å². The lowest BCUT2D eigenvalue weighted by Crippen LogP contribution is -2.37. The largest absolute Gasteiger partial charge is 0.335 e. The van der Waals surface area contributed by atoms with Crippen molar-refractivity contribution in [2.75, 3.05) is 18.9 Å². The SMILES string of the molecule is Cc1cscc1NC(=O)N(C)C[C@H]1CCn2ccnc2C1. The Morgan fingerprint density at radius 3 is 3.19 bits per heavy atom. The second-order valence-electron chi connectivity index (χ2n) is 5.67. The molecule has 0 radical (unpaired) electrons. The molecule has 0 bridgehead atoms. The molecular formula is C15H20N4OS. The van der Waals surface area contributed by atoms with Gasteiger partial charge in [-0.2, -0.15) is 0 Å². The van der Waals surface area contributed by atoms with Gasteiger partial charge in [-0.05, 0) is 30.2 Å². The quantitative estimate of drug-likeness (QED) is 0.947. The molecule has 21 heavy (non-hydrogen) atoms. The molecule has 2 aromatic heterocycles. The first-order chi connectivity index (χ1) is 10.1. The maximum Gasteiger partial charge on any atom is 0.321 e. The topological polar surface area (TPSA) is 50.2 Å². The smallest absolute Gasteiger partial charge is 0.321 e. The van der Waals surface area contributed by atoms with Gasteiger partial charge in [-0.25, -0.2) is 9.78 Å². The first-order valence-electron chi connectivity index (χ1n) is 7.18. The van der Waals surface area contributed by atoms with Crippen LogP contribution in [-0.4, -0.2) is 34.1 Å². The third kappa shape index (κ3) is 3.10. The Hall–Kier alpha value is -1.82. The monoisotopic (exact) mass is 304 g/mol. The number of thiophene rings is 1. The number of aryl methyl sites for hydroxylation is 2. The minimum atomic E-state index is -0.0367. The van der Waals surface area contributed by atoms with E-state index in [4.69, 9.17) is 0 Å². The summed E-state index contributed by atoms with van der Waals surface area (Å²) in [5, 5.41) is 6.98. The average Bonchev–Trinajstić information content (AvgIpc) is 3.07. The van der Waals surface area contributed by atoms with Gasteiger partial charge in [-0.15, -0.1) is 11.3 Å². The van der Waals surface area contributed by atoms with Crippen LogP contribution in [0.2, 0.25) is 0 Å². The lowest BCUT2D eigenvalue weighted by Gasteiger charge is -2.27. The summed E-state index contributed by atoms with van der Waals surface area (Å²) in [4.78, 5) is 18.4. The van der Waals surface area contributed by atoms with Crippen LogP contribution >= 0.6 is 11.3 Å². The fraction of sp³-hybridized carbons (Fsp3) is 0.467. The van der Waals surface area contributed by atoms with Gasteiger partial charge in [-0.1, -0.05) is 0 Å². The Morgan fingerprint density at radius 2 is 2.43 bits per heavy atom. The maximum atomic E-state index is 12.2. The molecule has 3 rings (SSSR count). The lowest BCUT2D eigenvalue weighted by molar-refractivity contribution is 0.207. The highest BCUT2D eigenvalue weighted by Crippen LogP contribution is 2.22. The molecule has 6 heteroatoms. The highest BCUT2D eigenvalue weighted by molar-refractivity contribution is 7.08. The van der Waals surface area contributed by atoms with Crippen LogP contribution in [0.15, 0.2) is 23.2 Å². The van der Waals surface area contributed by atoms with E-state index in [0.717, 1.165) is 43.0 Å². The average molecular weight is 304 g/mol. The number of aromatic nitrogens is 2. The molecule has 0 aliphatic carbocycles. The van der Waals surface area contributed by atoms with E-state index < -0.39 is 0 Å². The van der Waals surface area contributed by atoms with E-state index in [1.807, 2.05) is 37.1 Å². The van der Waals surface area contributed by atoms with Gasteiger partial charge in [0.25, 0.3) is 0 Å². The molecule has 1 N–H and O–H groups in total. The highest BCUT2D eigenvalue weighted by Gasteiger charge is 2.22. The predicted molar refractivity (Wildman–Crippen MR) is 84.7 cm³/mol. The van der Waals surface area contributed by atoms with Gasteiger partial charge in [-0.3, -0.25) is 0 Å². The summed E-state index contributed by atoms with van der Waals surface area (Å²) in [5.41, 5.74) is 2.03. The number of anilines is 1. The Balaban J connectivity index is 1.56. The maximum absolute atomic E-state index is 12.2. The molecule has 3 heterocycles. The van der Waals surface area contributed by atoms with Gasteiger partial charge < -0.3 is 14.8 Å². The second-order valence-corrected chi connectivity index (χ2v) is 6.42. The number of nitrogens with one attached hydrogen (secondary N) is 1. The van der Waals surface area contributed by atoms with Crippen LogP contribution in [0.1, 0.15) is 17.8 Å².